The van der Waals surface area contributed by atoms with Crippen LogP contribution in [0, 0.1) is 29.1 Å². The van der Waals surface area contributed by atoms with E-state index in [0.717, 1.165) is 43.6 Å². The molecule has 0 aliphatic heterocycles. The van der Waals surface area contributed by atoms with Crippen LogP contribution in [0.1, 0.15) is 45.4 Å². The van der Waals surface area contributed by atoms with E-state index in [-0.39, 0.29) is 17.3 Å². The SMILES string of the molecule is COC(=O)C(C)CN(CCN(C)C)C(=O)C12CC3CC(CC(C3)C1)C2. The monoisotopic (exact) mass is 350 g/mol. The van der Waals surface area contributed by atoms with Gasteiger partial charge >= 0.3 is 5.97 Å². The summed E-state index contributed by atoms with van der Waals surface area (Å²) in [7, 11) is 5.47. The Hall–Kier alpha value is -1.10. The maximum absolute atomic E-state index is 13.6. The molecule has 0 saturated heterocycles. The molecule has 1 atom stereocenters. The minimum absolute atomic E-state index is 0.142. The maximum Gasteiger partial charge on any atom is 0.310 e. The topological polar surface area (TPSA) is 49.9 Å². The van der Waals surface area contributed by atoms with Crippen molar-refractivity contribution in [1.29, 1.82) is 0 Å². The standard InChI is InChI=1S/C20H34N2O3/c1-14(18(23)25-4)13-22(6-5-21(2)3)19(24)20-10-15-7-16(11-20)9-17(8-15)12-20/h14-17H,5-13H2,1-4H3. The lowest BCUT2D eigenvalue weighted by molar-refractivity contribution is -0.160. The van der Waals surface area contributed by atoms with Crippen LogP contribution in [0.5, 0.6) is 0 Å². The molecule has 4 fully saturated rings. The summed E-state index contributed by atoms with van der Waals surface area (Å²) in [5, 5.41) is 0. The predicted molar refractivity (Wildman–Crippen MR) is 96.9 cm³/mol. The maximum atomic E-state index is 13.6. The van der Waals surface area contributed by atoms with Crippen molar-refractivity contribution in [2.24, 2.45) is 29.1 Å². The van der Waals surface area contributed by atoms with E-state index >= 15 is 0 Å². The number of carbonyl (C=O) groups excluding carboxylic acids is 2. The molecule has 4 saturated carbocycles. The van der Waals surface area contributed by atoms with Crippen LogP contribution in [0.3, 0.4) is 0 Å². The smallest absolute Gasteiger partial charge is 0.310 e. The minimum atomic E-state index is -0.273. The van der Waals surface area contributed by atoms with Crippen molar-refractivity contribution >= 4 is 11.9 Å². The average Bonchev–Trinajstić information content (AvgIpc) is 2.55. The van der Waals surface area contributed by atoms with E-state index in [1.165, 1.54) is 26.4 Å². The second kappa shape index (κ2) is 7.26. The normalized spacial score (nSPS) is 34.2. The van der Waals surface area contributed by atoms with Gasteiger partial charge in [-0.15, -0.1) is 0 Å². The Bertz CT molecular complexity index is 482. The van der Waals surface area contributed by atoms with Crippen molar-refractivity contribution in [3.05, 3.63) is 0 Å². The Balaban J connectivity index is 1.75. The molecule has 1 unspecified atom stereocenters. The van der Waals surface area contributed by atoms with Gasteiger partial charge in [0.25, 0.3) is 0 Å². The summed E-state index contributed by atoms with van der Waals surface area (Å²) in [6, 6.07) is 0. The van der Waals surface area contributed by atoms with Gasteiger partial charge in [0.2, 0.25) is 5.91 Å². The second-order valence-electron chi connectivity index (χ2n) is 9.18. The fourth-order valence-corrected chi connectivity index (χ4v) is 5.91. The van der Waals surface area contributed by atoms with E-state index in [1.807, 2.05) is 25.9 Å². The third-order valence-electron chi connectivity index (χ3n) is 6.69. The molecule has 4 bridgehead atoms. The van der Waals surface area contributed by atoms with Gasteiger partial charge in [-0.05, 0) is 70.4 Å². The van der Waals surface area contributed by atoms with Crippen molar-refractivity contribution in [2.75, 3.05) is 40.8 Å². The van der Waals surface area contributed by atoms with Gasteiger partial charge in [-0.2, -0.15) is 0 Å². The summed E-state index contributed by atoms with van der Waals surface area (Å²) in [4.78, 5) is 29.6. The highest BCUT2D eigenvalue weighted by molar-refractivity contribution is 5.84. The number of esters is 1. The van der Waals surface area contributed by atoms with Crippen molar-refractivity contribution in [1.82, 2.24) is 9.80 Å². The second-order valence-corrected chi connectivity index (χ2v) is 9.18. The first-order chi connectivity index (χ1) is 11.8. The number of likely N-dealkylation sites (N-methyl/N-ethyl adjacent to an activating group) is 1. The molecule has 0 N–H and O–H groups in total. The summed E-state index contributed by atoms with van der Waals surface area (Å²) in [6.07, 6.45) is 7.23. The third kappa shape index (κ3) is 3.86. The van der Waals surface area contributed by atoms with E-state index in [4.69, 9.17) is 4.74 Å². The summed E-state index contributed by atoms with van der Waals surface area (Å²) in [5.74, 6) is 2.07. The third-order valence-corrected chi connectivity index (χ3v) is 6.69. The fourth-order valence-electron chi connectivity index (χ4n) is 5.91. The van der Waals surface area contributed by atoms with Gasteiger partial charge in [0.15, 0.2) is 0 Å². The number of nitrogens with zero attached hydrogens (tertiary/aromatic N) is 2. The lowest BCUT2D eigenvalue weighted by atomic mass is 9.49. The van der Waals surface area contributed by atoms with Crippen LogP contribution in [-0.4, -0.2) is 62.5 Å². The summed E-state index contributed by atoms with van der Waals surface area (Å²) in [6.45, 7) is 3.85. The van der Waals surface area contributed by atoms with E-state index in [0.29, 0.717) is 19.0 Å². The zero-order chi connectivity index (χ0) is 18.2. The van der Waals surface area contributed by atoms with Crippen LogP contribution >= 0.6 is 0 Å². The molecular formula is C20H34N2O3. The van der Waals surface area contributed by atoms with Crippen molar-refractivity contribution in [2.45, 2.75) is 45.4 Å². The lowest BCUT2D eigenvalue weighted by Gasteiger charge is -2.56. The molecule has 5 heteroatoms. The van der Waals surface area contributed by atoms with Gasteiger partial charge in [0.05, 0.1) is 18.4 Å². The largest absolute Gasteiger partial charge is 0.469 e. The molecule has 0 aromatic heterocycles. The molecule has 0 aromatic rings. The summed E-state index contributed by atoms with van der Waals surface area (Å²) >= 11 is 0. The molecule has 142 valence electrons. The van der Waals surface area contributed by atoms with Crippen LogP contribution < -0.4 is 0 Å². The molecule has 1 amide bonds. The molecule has 0 radical (unpaired) electrons. The summed E-state index contributed by atoms with van der Waals surface area (Å²) in [5.41, 5.74) is -0.142. The molecule has 0 aromatic carbocycles. The Kier molecular flexibility index (Phi) is 5.42. The Morgan fingerprint density at radius 2 is 1.56 bits per heavy atom. The van der Waals surface area contributed by atoms with Crippen LogP contribution in [-0.2, 0) is 14.3 Å². The molecule has 4 aliphatic carbocycles. The van der Waals surface area contributed by atoms with Crippen molar-refractivity contribution < 1.29 is 14.3 Å². The summed E-state index contributed by atoms with van der Waals surface area (Å²) < 4.78 is 4.88. The van der Waals surface area contributed by atoms with Gasteiger partial charge in [-0.3, -0.25) is 9.59 Å². The van der Waals surface area contributed by atoms with Gasteiger partial charge < -0.3 is 14.5 Å². The van der Waals surface area contributed by atoms with E-state index in [9.17, 15) is 9.59 Å². The van der Waals surface area contributed by atoms with E-state index < -0.39 is 0 Å². The molecular weight excluding hydrogens is 316 g/mol. The number of hydrogen-bond donors (Lipinski definition) is 0. The number of rotatable bonds is 7. The van der Waals surface area contributed by atoms with Crippen molar-refractivity contribution in [3.63, 3.8) is 0 Å². The van der Waals surface area contributed by atoms with E-state index in [2.05, 4.69) is 4.90 Å². The van der Waals surface area contributed by atoms with Gasteiger partial charge in [-0.25, -0.2) is 0 Å². The van der Waals surface area contributed by atoms with Crippen LogP contribution in [0.15, 0.2) is 0 Å². The molecule has 4 rings (SSSR count). The zero-order valence-corrected chi connectivity index (χ0v) is 16.3. The van der Waals surface area contributed by atoms with Crippen LogP contribution in [0.25, 0.3) is 0 Å². The highest BCUT2D eigenvalue weighted by atomic mass is 16.5. The molecule has 5 nitrogen and oxygen atoms in total. The first-order valence-electron chi connectivity index (χ1n) is 9.85. The van der Waals surface area contributed by atoms with Crippen molar-refractivity contribution in [3.8, 4) is 0 Å². The Morgan fingerprint density at radius 3 is 2.00 bits per heavy atom. The Morgan fingerprint density at radius 1 is 1.04 bits per heavy atom. The highest BCUT2D eigenvalue weighted by Gasteiger charge is 2.55. The first-order valence-corrected chi connectivity index (χ1v) is 9.85. The molecule has 25 heavy (non-hydrogen) atoms. The number of ether oxygens (including phenoxy) is 1. The Labute approximate surface area is 152 Å². The molecule has 0 spiro atoms. The minimum Gasteiger partial charge on any atom is -0.469 e. The number of hydrogen-bond acceptors (Lipinski definition) is 4. The number of amides is 1. The molecule has 4 aliphatic rings. The number of carbonyl (C=O) groups is 2. The highest BCUT2D eigenvalue weighted by Crippen LogP contribution is 2.60. The van der Waals surface area contributed by atoms with Crippen LogP contribution in [0.4, 0.5) is 0 Å². The van der Waals surface area contributed by atoms with Crippen LogP contribution in [0.2, 0.25) is 0 Å². The van der Waals surface area contributed by atoms with Gasteiger partial charge in [0, 0.05) is 19.6 Å². The lowest BCUT2D eigenvalue weighted by Crippen LogP contribution is -2.56. The van der Waals surface area contributed by atoms with Gasteiger partial charge in [0.1, 0.15) is 0 Å². The average molecular weight is 351 g/mol. The first kappa shape index (κ1) is 18.7. The van der Waals surface area contributed by atoms with Gasteiger partial charge in [-0.1, -0.05) is 6.92 Å². The quantitative estimate of drug-likeness (QED) is 0.662. The van der Waals surface area contributed by atoms with E-state index in [1.54, 1.807) is 0 Å². The molecule has 0 heterocycles. The number of methoxy groups -OCH3 is 1. The predicted octanol–water partition coefficient (Wildman–Crippen LogP) is 2.40. The zero-order valence-electron chi connectivity index (χ0n) is 16.3. The fraction of sp³-hybridized carbons (Fsp3) is 0.900.